The van der Waals surface area contributed by atoms with Crippen molar-refractivity contribution in [1.29, 1.82) is 0 Å². The van der Waals surface area contributed by atoms with E-state index < -0.39 is 0 Å². The van der Waals surface area contributed by atoms with Crippen LogP contribution in [-0.4, -0.2) is 6.04 Å². The van der Waals surface area contributed by atoms with Crippen LogP contribution in [0.5, 0.6) is 0 Å². The van der Waals surface area contributed by atoms with Gasteiger partial charge in [0.2, 0.25) is 0 Å². The zero-order valence-electron chi connectivity index (χ0n) is 8.29. The minimum Gasteiger partial charge on any atom is -0.328 e. The fourth-order valence-corrected chi connectivity index (χ4v) is 1.72. The van der Waals surface area contributed by atoms with Crippen LogP contribution in [0.15, 0.2) is 12.2 Å². The van der Waals surface area contributed by atoms with Crippen molar-refractivity contribution in [2.45, 2.75) is 45.6 Å². The van der Waals surface area contributed by atoms with Crippen molar-refractivity contribution in [3.8, 4) is 0 Å². The molecule has 0 heterocycles. The smallest absolute Gasteiger partial charge is 0.00392 e. The van der Waals surface area contributed by atoms with Crippen molar-refractivity contribution in [1.82, 2.24) is 0 Å². The maximum absolute atomic E-state index is 5.83. The van der Waals surface area contributed by atoms with E-state index in [-0.39, 0.29) is 0 Å². The lowest BCUT2D eigenvalue weighted by molar-refractivity contribution is 0.374. The van der Waals surface area contributed by atoms with Gasteiger partial charge in [0, 0.05) is 6.04 Å². The summed E-state index contributed by atoms with van der Waals surface area (Å²) >= 11 is 0. The van der Waals surface area contributed by atoms with Gasteiger partial charge in [-0.1, -0.05) is 26.0 Å². The first kappa shape index (κ1) is 9.79. The fourth-order valence-electron chi connectivity index (χ4n) is 1.72. The zero-order chi connectivity index (χ0) is 8.97. The molecule has 0 aromatic heterocycles. The predicted molar refractivity (Wildman–Crippen MR) is 53.9 cm³/mol. The summed E-state index contributed by atoms with van der Waals surface area (Å²) in [6, 6.07) is 0.480. The van der Waals surface area contributed by atoms with Crippen LogP contribution >= 0.6 is 0 Å². The van der Waals surface area contributed by atoms with E-state index in [4.69, 9.17) is 5.73 Å². The zero-order valence-corrected chi connectivity index (χ0v) is 8.29. The first-order valence-electron chi connectivity index (χ1n) is 5.12. The summed E-state index contributed by atoms with van der Waals surface area (Å²) in [4.78, 5) is 0. The average Bonchev–Trinajstić information content (AvgIpc) is 2.03. The molecule has 0 aromatic carbocycles. The van der Waals surface area contributed by atoms with Gasteiger partial charge < -0.3 is 5.73 Å². The number of nitrogens with two attached hydrogens (primary N) is 1. The van der Waals surface area contributed by atoms with E-state index in [0.717, 1.165) is 5.92 Å². The maximum Gasteiger partial charge on any atom is 0.00392 e. The molecule has 70 valence electrons. The molecule has 0 aliphatic heterocycles. The molecule has 0 spiro atoms. The number of hydrogen-bond acceptors (Lipinski definition) is 1. The third kappa shape index (κ3) is 3.40. The highest BCUT2D eigenvalue weighted by molar-refractivity contribution is 4.93. The van der Waals surface area contributed by atoms with Gasteiger partial charge >= 0.3 is 0 Å². The highest BCUT2D eigenvalue weighted by Gasteiger charge is 2.15. The van der Waals surface area contributed by atoms with Gasteiger partial charge in [0.25, 0.3) is 0 Å². The van der Waals surface area contributed by atoms with Crippen LogP contribution < -0.4 is 5.73 Å². The van der Waals surface area contributed by atoms with E-state index in [1.165, 1.54) is 25.7 Å². The van der Waals surface area contributed by atoms with Gasteiger partial charge in [0.15, 0.2) is 0 Å². The topological polar surface area (TPSA) is 26.0 Å². The Morgan fingerprint density at radius 3 is 2.25 bits per heavy atom. The number of hydrogen-bond donors (Lipinski definition) is 1. The Morgan fingerprint density at radius 2 is 1.75 bits per heavy atom. The molecule has 0 radical (unpaired) electrons. The van der Waals surface area contributed by atoms with E-state index in [0.29, 0.717) is 12.0 Å². The molecule has 0 aromatic rings. The summed E-state index contributed by atoms with van der Waals surface area (Å²) in [6.07, 6.45) is 9.73. The Hall–Kier alpha value is -0.300. The van der Waals surface area contributed by atoms with E-state index in [2.05, 4.69) is 26.0 Å². The molecule has 0 saturated heterocycles. The standard InChI is InChI=1S/C11H21N/c1-9(2)3-4-10-5-7-11(12)8-6-10/h3-4,9-11H,5-8,12H2,1-2H3/b4-3-. The Balaban J connectivity index is 2.26. The van der Waals surface area contributed by atoms with E-state index in [9.17, 15) is 0 Å². The second kappa shape index (κ2) is 4.66. The molecule has 0 atom stereocenters. The summed E-state index contributed by atoms with van der Waals surface area (Å²) in [5.74, 6) is 1.51. The first-order chi connectivity index (χ1) is 5.68. The van der Waals surface area contributed by atoms with Crippen molar-refractivity contribution in [3.05, 3.63) is 12.2 Å². The molecular weight excluding hydrogens is 146 g/mol. The first-order valence-corrected chi connectivity index (χ1v) is 5.12. The predicted octanol–water partition coefficient (Wildman–Crippen LogP) is 2.72. The lowest BCUT2D eigenvalue weighted by Gasteiger charge is -2.23. The maximum atomic E-state index is 5.83. The molecule has 1 fully saturated rings. The number of rotatable bonds is 2. The Bertz CT molecular complexity index is 141. The summed E-state index contributed by atoms with van der Waals surface area (Å²) in [7, 11) is 0. The summed E-state index contributed by atoms with van der Waals surface area (Å²) in [5.41, 5.74) is 5.83. The molecule has 0 amide bonds. The quantitative estimate of drug-likeness (QED) is 0.629. The SMILES string of the molecule is CC(C)/C=C\C1CCC(N)CC1. The van der Waals surface area contributed by atoms with Crippen LogP contribution in [0.25, 0.3) is 0 Å². The molecule has 1 rings (SSSR count). The highest BCUT2D eigenvalue weighted by atomic mass is 14.6. The van der Waals surface area contributed by atoms with Gasteiger partial charge in [0.1, 0.15) is 0 Å². The van der Waals surface area contributed by atoms with E-state index in [1.54, 1.807) is 0 Å². The van der Waals surface area contributed by atoms with Gasteiger partial charge in [0.05, 0.1) is 0 Å². The van der Waals surface area contributed by atoms with Crippen LogP contribution in [0, 0.1) is 11.8 Å². The second-order valence-electron chi connectivity index (χ2n) is 4.30. The Morgan fingerprint density at radius 1 is 1.17 bits per heavy atom. The van der Waals surface area contributed by atoms with Crippen LogP contribution in [0.1, 0.15) is 39.5 Å². The van der Waals surface area contributed by atoms with Crippen molar-refractivity contribution in [2.75, 3.05) is 0 Å². The molecule has 1 nitrogen and oxygen atoms in total. The van der Waals surface area contributed by atoms with Crippen molar-refractivity contribution in [3.63, 3.8) is 0 Å². The van der Waals surface area contributed by atoms with Crippen molar-refractivity contribution in [2.24, 2.45) is 17.6 Å². The minimum absolute atomic E-state index is 0.480. The molecule has 2 N–H and O–H groups in total. The molecule has 1 saturated carbocycles. The second-order valence-corrected chi connectivity index (χ2v) is 4.30. The summed E-state index contributed by atoms with van der Waals surface area (Å²) < 4.78 is 0. The molecule has 12 heavy (non-hydrogen) atoms. The van der Waals surface area contributed by atoms with Crippen molar-refractivity contribution >= 4 is 0 Å². The molecule has 0 unspecified atom stereocenters. The van der Waals surface area contributed by atoms with Crippen LogP contribution in [0.3, 0.4) is 0 Å². The summed E-state index contributed by atoms with van der Waals surface area (Å²) in [5, 5.41) is 0. The Kier molecular flexibility index (Phi) is 3.80. The van der Waals surface area contributed by atoms with Crippen LogP contribution in [0.2, 0.25) is 0 Å². The van der Waals surface area contributed by atoms with Gasteiger partial charge in [-0.3, -0.25) is 0 Å². The lowest BCUT2D eigenvalue weighted by Crippen LogP contribution is -2.25. The molecule has 1 aliphatic carbocycles. The van der Waals surface area contributed by atoms with Crippen LogP contribution in [-0.2, 0) is 0 Å². The minimum atomic E-state index is 0.480. The normalized spacial score (nSPS) is 31.7. The van der Waals surface area contributed by atoms with Crippen molar-refractivity contribution < 1.29 is 0 Å². The number of allylic oxidation sites excluding steroid dienone is 2. The summed E-state index contributed by atoms with van der Waals surface area (Å²) in [6.45, 7) is 4.45. The third-order valence-electron chi connectivity index (χ3n) is 2.58. The lowest BCUT2D eigenvalue weighted by atomic mass is 9.86. The van der Waals surface area contributed by atoms with Gasteiger partial charge in [-0.05, 0) is 37.5 Å². The fraction of sp³-hybridized carbons (Fsp3) is 0.818. The molecule has 1 heteroatoms. The third-order valence-corrected chi connectivity index (χ3v) is 2.58. The molecular formula is C11H21N. The molecule has 1 aliphatic rings. The largest absolute Gasteiger partial charge is 0.328 e. The average molecular weight is 167 g/mol. The van der Waals surface area contributed by atoms with Gasteiger partial charge in [-0.2, -0.15) is 0 Å². The monoisotopic (exact) mass is 167 g/mol. The Labute approximate surface area is 76.0 Å². The molecule has 0 bridgehead atoms. The van der Waals surface area contributed by atoms with E-state index >= 15 is 0 Å². The van der Waals surface area contributed by atoms with E-state index in [1.807, 2.05) is 0 Å². The highest BCUT2D eigenvalue weighted by Crippen LogP contribution is 2.24. The van der Waals surface area contributed by atoms with Gasteiger partial charge in [-0.25, -0.2) is 0 Å². The van der Waals surface area contributed by atoms with Gasteiger partial charge in [-0.15, -0.1) is 0 Å². The van der Waals surface area contributed by atoms with Crippen LogP contribution in [0.4, 0.5) is 0 Å².